The molecule has 1 rings (SSSR count). The third-order valence-electron chi connectivity index (χ3n) is 3.42. The molecule has 1 heterocycles. The highest BCUT2D eigenvalue weighted by Gasteiger charge is 2.04. The molecule has 0 aliphatic carbocycles. The number of unbranched alkanes of at least 4 members (excludes halogenated alkanes) is 2. The van der Waals surface area contributed by atoms with Gasteiger partial charge >= 0.3 is 0 Å². The maximum Gasteiger partial charge on any atom is 0.193 e. The number of guanidine groups is 1. The SMILES string of the molecule is C=CCCCN(C)C(=NCCCCNc1ccccn1)NCC.I. The van der Waals surface area contributed by atoms with Gasteiger partial charge in [0.1, 0.15) is 5.82 Å². The van der Waals surface area contributed by atoms with Crippen LogP contribution in [0.4, 0.5) is 5.82 Å². The molecule has 0 atom stereocenters. The summed E-state index contributed by atoms with van der Waals surface area (Å²) in [7, 11) is 2.09. The molecule has 0 unspecified atom stereocenters. The van der Waals surface area contributed by atoms with E-state index in [0.29, 0.717) is 0 Å². The van der Waals surface area contributed by atoms with Crippen LogP contribution in [0, 0.1) is 0 Å². The molecule has 0 saturated heterocycles. The largest absolute Gasteiger partial charge is 0.370 e. The molecule has 2 N–H and O–H groups in total. The first-order chi connectivity index (χ1) is 11.3. The Labute approximate surface area is 164 Å². The number of aliphatic imine (C=N–C) groups is 1. The highest BCUT2D eigenvalue weighted by molar-refractivity contribution is 14.0. The van der Waals surface area contributed by atoms with E-state index in [1.807, 2.05) is 24.3 Å². The van der Waals surface area contributed by atoms with Crippen LogP contribution in [0.3, 0.4) is 0 Å². The van der Waals surface area contributed by atoms with Crippen molar-refractivity contribution in [3.63, 3.8) is 0 Å². The number of hydrogen-bond acceptors (Lipinski definition) is 3. The molecule has 1 aromatic rings. The van der Waals surface area contributed by atoms with Gasteiger partial charge in [0.05, 0.1) is 0 Å². The van der Waals surface area contributed by atoms with Crippen LogP contribution in [0.1, 0.15) is 32.6 Å². The minimum absolute atomic E-state index is 0. The molecule has 0 aliphatic rings. The monoisotopic (exact) mass is 445 g/mol. The maximum absolute atomic E-state index is 4.70. The topological polar surface area (TPSA) is 52.5 Å². The van der Waals surface area contributed by atoms with Gasteiger partial charge in [-0.3, -0.25) is 4.99 Å². The molecule has 24 heavy (non-hydrogen) atoms. The minimum Gasteiger partial charge on any atom is -0.370 e. The second-order valence-corrected chi connectivity index (χ2v) is 5.44. The molecule has 136 valence electrons. The van der Waals surface area contributed by atoms with Gasteiger partial charge < -0.3 is 15.5 Å². The van der Waals surface area contributed by atoms with Crippen LogP contribution < -0.4 is 10.6 Å². The minimum atomic E-state index is 0. The summed E-state index contributed by atoms with van der Waals surface area (Å²) in [5, 5.41) is 6.67. The lowest BCUT2D eigenvalue weighted by Gasteiger charge is -2.21. The Morgan fingerprint density at radius 3 is 2.83 bits per heavy atom. The van der Waals surface area contributed by atoms with E-state index < -0.39 is 0 Å². The standard InChI is InChI=1S/C18H31N5.HI/c1-4-6-11-16-23(3)18(19-5-2)22-15-10-9-14-21-17-12-7-8-13-20-17;/h4,7-8,12-13H,1,5-6,9-11,14-16H2,2-3H3,(H,19,22)(H,20,21);1H. The number of rotatable bonds is 11. The lowest BCUT2D eigenvalue weighted by Crippen LogP contribution is -2.39. The van der Waals surface area contributed by atoms with Crippen molar-refractivity contribution in [1.29, 1.82) is 0 Å². The highest BCUT2D eigenvalue weighted by Crippen LogP contribution is 2.01. The first kappa shape index (κ1) is 22.7. The van der Waals surface area contributed by atoms with Crippen molar-refractivity contribution in [1.82, 2.24) is 15.2 Å². The number of allylic oxidation sites excluding steroid dienone is 1. The van der Waals surface area contributed by atoms with Gasteiger partial charge in [-0.2, -0.15) is 0 Å². The summed E-state index contributed by atoms with van der Waals surface area (Å²) in [4.78, 5) is 11.1. The van der Waals surface area contributed by atoms with E-state index in [4.69, 9.17) is 4.99 Å². The Hall–Kier alpha value is -1.31. The van der Waals surface area contributed by atoms with Crippen molar-refractivity contribution in [2.45, 2.75) is 32.6 Å². The van der Waals surface area contributed by atoms with E-state index in [1.165, 1.54) is 0 Å². The number of hydrogen-bond donors (Lipinski definition) is 2. The van der Waals surface area contributed by atoms with E-state index in [-0.39, 0.29) is 24.0 Å². The van der Waals surface area contributed by atoms with E-state index in [0.717, 1.165) is 63.6 Å². The summed E-state index contributed by atoms with van der Waals surface area (Å²) in [6, 6.07) is 5.90. The fourth-order valence-corrected chi connectivity index (χ4v) is 2.15. The Kier molecular flexibility index (Phi) is 14.4. The lowest BCUT2D eigenvalue weighted by molar-refractivity contribution is 0.469. The number of halogens is 1. The van der Waals surface area contributed by atoms with Crippen LogP contribution in [-0.2, 0) is 0 Å². The zero-order valence-electron chi connectivity index (χ0n) is 15.0. The van der Waals surface area contributed by atoms with E-state index in [1.54, 1.807) is 6.20 Å². The molecule has 0 bridgehead atoms. The van der Waals surface area contributed by atoms with Crippen molar-refractivity contribution in [2.75, 3.05) is 38.5 Å². The predicted molar refractivity (Wildman–Crippen MR) is 115 cm³/mol. The normalized spacial score (nSPS) is 10.7. The van der Waals surface area contributed by atoms with Gasteiger partial charge in [0.15, 0.2) is 5.96 Å². The van der Waals surface area contributed by atoms with Crippen LogP contribution in [0.2, 0.25) is 0 Å². The fourth-order valence-electron chi connectivity index (χ4n) is 2.15. The van der Waals surface area contributed by atoms with Crippen LogP contribution in [0.5, 0.6) is 0 Å². The molecular formula is C18H32IN5. The molecule has 6 heteroatoms. The number of aromatic nitrogens is 1. The third-order valence-corrected chi connectivity index (χ3v) is 3.42. The van der Waals surface area contributed by atoms with Crippen molar-refractivity contribution in [2.24, 2.45) is 4.99 Å². The summed E-state index contributed by atoms with van der Waals surface area (Å²) >= 11 is 0. The molecule has 1 aromatic heterocycles. The van der Waals surface area contributed by atoms with Crippen LogP contribution >= 0.6 is 24.0 Å². The average molecular weight is 445 g/mol. The first-order valence-corrected chi connectivity index (χ1v) is 8.53. The van der Waals surface area contributed by atoms with Gasteiger partial charge in [0, 0.05) is 39.4 Å². The van der Waals surface area contributed by atoms with E-state index >= 15 is 0 Å². The molecule has 0 amide bonds. The Morgan fingerprint density at radius 2 is 2.17 bits per heavy atom. The van der Waals surface area contributed by atoms with Gasteiger partial charge in [-0.25, -0.2) is 4.98 Å². The number of pyridine rings is 1. The zero-order chi connectivity index (χ0) is 16.8. The van der Waals surface area contributed by atoms with Crippen LogP contribution in [-0.4, -0.2) is 49.1 Å². The van der Waals surface area contributed by atoms with Crippen molar-refractivity contribution in [3.05, 3.63) is 37.1 Å². The number of nitrogens with one attached hydrogen (secondary N) is 2. The fraction of sp³-hybridized carbons (Fsp3) is 0.556. The van der Waals surface area contributed by atoms with Crippen LogP contribution in [0.25, 0.3) is 0 Å². The van der Waals surface area contributed by atoms with Crippen molar-refractivity contribution in [3.8, 4) is 0 Å². The van der Waals surface area contributed by atoms with Gasteiger partial charge in [-0.05, 0) is 44.7 Å². The van der Waals surface area contributed by atoms with Gasteiger partial charge in [0.2, 0.25) is 0 Å². The number of anilines is 1. The van der Waals surface area contributed by atoms with Crippen LogP contribution in [0.15, 0.2) is 42.0 Å². The van der Waals surface area contributed by atoms with Gasteiger partial charge in [-0.15, -0.1) is 30.6 Å². The summed E-state index contributed by atoms with van der Waals surface area (Å²) in [6.07, 6.45) is 8.07. The van der Waals surface area contributed by atoms with E-state index in [9.17, 15) is 0 Å². The van der Waals surface area contributed by atoms with E-state index in [2.05, 4.69) is 41.1 Å². The van der Waals surface area contributed by atoms with Crippen molar-refractivity contribution >= 4 is 35.8 Å². The summed E-state index contributed by atoms with van der Waals surface area (Å²) in [5.74, 6) is 1.93. The summed E-state index contributed by atoms with van der Waals surface area (Å²) in [5.41, 5.74) is 0. The molecule has 0 spiro atoms. The molecule has 0 fully saturated rings. The molecule has 0 radical (unpaired) electrons. The summed E-state index contributed by atoms with van der Waals surface area (Å²) < 4.78 is 0. The smallest absolute Gasteiger partial charge is 0.193 e. The van der Waals surface area contributed by atoms with Gasteiger partial charge in [0.25, 0.3) is 0 Å². The Balaban J connectivity index is 0.00000529. The van der Waals surface area contributed by atoms with Crippen molar-refractivity contribution < 1.29 is 0 Å². The average Bonchev–Trinajstić information content (AvgIpc) is 2.58. The second-order valence-electron chi connectivity index (χ2n) is 5.44. The molecule has 0 saturated carbocycles. The summed E-state index contributed by atoms with van der Waals surface area (Å²) in [6.45, 7) is 9.53. The molecule has 0 aromatic carbocycles. The second kappa shape index (κ2) is 15.2. The maximum atomic E-state index is 4.70. The quantitative estimate of drug-likeness (QED) is 0.179. The highest BCUT2D eigenvalue weighted by atomic mass is 127. The molecular weight excluding hydrogens is 413 g/mol. The Bertz CT molecular complexity index is 450. The molecule has 5 nitrogen and oxygen atoms in total. The first-order valence-electron chi connectivity index (χ1n) is 8.53. The van der Waals surface area contributed by atoms with Gasteiger partial charge in [-0.1, -0.05) is 12.1 Å². The lowest BCUT2D eigenvalue weighted by atomic mass is 10.3. The number of nitrogens with zero attached hydrogens (tertiary/aromatic N) is 3. The Morgan fingerprint density at radius 1 is 1.33 bits per heavy atom. The predicted octanol–water partition coefficient (Wildman–Crippen LogP) is 3.76. The zero-order valence-corrected chi connectivity index (χ0v) is 17.3. The third kappa shape index (κ3) is 10.5. The molecule has 0 aliphatic heterocycles.